The summed E-state index contributed by atoms with van der Waals surface area (Å²) in [7, 11) is 0. The van der Waals surface area contributed by atoms with Gasteiger partial charge in [0.25, 0.3) is 0 Å². The number of halogens is 14. The molecule has 24 heavy (non-hydrogen) atoms. The van der Waals surface area contributed by atoms with Crippen molar-refractivity contribution in [2.45, 2.75) is 35.5 Å². The summed E-state index contributed by atoms with van der Waals surface area (Å²) in [5, 5.41) is 0. The zero-order valence-electron chi connectivity index (χ0n) is 10.7. The zero-order chi connectivity index (χ0) is 20.2. The molecule has 0 heterocycles. The van der Waals surface area contributed by atoms with Crippen molar-refractivity contribution in [3.05, 3.63) is 22.1 Å². The van der Waals surface area contributed by atoms with Crippen molar-refractivity contribution in [1.82, 2.24) is 0 Å². The van der Waals surface area contributed by atoms with E-state index in [1.165, 1.54) is 0 Å². The lowest BCUT2D eigenvalue weighted by Crippen LogP contribution is -2.70. The number of alkyl halides is 12. The van der Waals surface area contributed by atoms with Crippen LogP contribution in [0.1, 0.15) is 0 Å². The second kappa shape index (κ2) is 6.09. The summed E-state index contributed by atoms with van der Waals surface area (Å²) in [5.74, 6) is -42.0. The van der Waals surface area contributed by atoms with Gasteiger partial charge < -0.3 is 0 Å². The monoisotopic (exact) mass is 510 g/mol. The SMILES string of the molecule is C=C(Br)C(F)(F)C(F)(F)C(F)(F)C(F)(F)C(F)(F)C(F)(F)C(=C)Br. The second-order valence-corrected chi connectivity index (χ2v) is 6.17. The van der Waals surface area contributed by atoms with Crippen molar-refractivity contribution >= 4 is 31.9 Å². The maximum absolute atomic E-state index is 13.2. The van der Waals surface area contributed by atoms with Crippen molar-refractivity contribution in [3.8, 4) is 0 Å². The lowest BCUT2D eigenvalue weighted by Gasteiger charge is -2.41. The lowest BCUT2D eigenvalue weighted by molar-refractivity contribution is -0.415. The van der Waals surface area contributed by atoms with Crippen molar-refractivity contribution in [2.75, 3.05) is 0 Å². The minimum atomic E-state index is -7.62. The van der Waals surface area contributed by atoms with Crippen molar-refractivity contribution in [2.24, 2.45) is 0 Å². The number of hydrogen-bond acceptors (Lipinski definition) is 0. The van der Waals surface area contributed by atoms with Gasteiger partial charge in [-0.25, -0.2) is 0 Å². The molecule has 0 unspecified atom stereocenters. The molecule has 0 nitrogen and oxygen atoms in total. The Labute approximate surface area is 142 Å². The van der Waals surface area contributed by atoms with E-state index in [4.69, 9.17) is 0 Å². The van der Waals surface area contributed by atoms with Gasteiger partial charge in [0, 0.05) is 0 Å². The first kappa shape index (κ1) is 23.6. The van der Waals surface area contributed by atoms with Crippen molar-refractivity contribution in [1.29, 1.82) is 0 Å². The highest BCUT2D eigenvalue weighted by Crippen LogP contribution is 2.62. The third kappa shape index (κ3) is 2.86. The average Bonchev–Trinajstić information content (AvgIpc) is 2.36. The Hall–Kier alpha value is -0.400. The van der Waals surface area contributed by atoms with E-state index in [0.29, 0.717) is 0 Å². The first-order chi connectivity index (χ1) is 10.1. The third-order valence-electron chi connectivity index (χ3n) is 2.65. The molecule has 0 atom stereocenters. The third-order valence-corrected chi connectivity index (χ3v) is 3.65. The summed E-state index contributed by atoms with van der Waals surface area (Å²) in [6.07, 6.45) is 0. The lowest BCUT2D eigenvalue weighted by atomic mass is 9.91. The molecule has 14 heteroatoms. The summed E-state index contributed by atoms with van der Waals surface area (Å²) < 4.78 is 153. The van der Waals surface area contributed by atoms with Crippen LogP contribution >= 0.6 is 31.9 Å². The predicted octanol–water partition coefficient (Wildman–Crippen LogP) is 6.62. The Morgan fingerprint density at radius 1 is 0.458 bits per heavy atom. The van der Waals surface area contributed by atoms with E-state index in [1.54, 1.807) is 31.9 Å². The van der Waals surface area contributed by atoms with Crippen LogP contribution in [-0.2, 0) is 0 Å². The van der Waals surface area contributed by atoms with Crippen LogP contribution in [0.25, 0.3) is 0 Å². The summed E-state index contributed by atoms with van der Waals surface area (Å²) >= 11 is 3.09. The van der Waals surface area contributed by atoms with Crippen LogP contribution in [0.5, 0.6) is 0 Å². The normalized spacial score (nSPS) is 15.4. The van der Waals surface area contributed by atoms with Gasteiger partial charge in [0.2, 0.25) is 0 Å². The van der Waals surface area contributed by atoms with Gasteiger partial charge in [-0.3, -0.25) is 0 Å². The molecule has 0 aliphatic rings. The smallest absolute Gasteiger partial charge is 0.193 e. The maximum Gasteiger partial charge on any atom is 0.385 e. The molecule has 0 bridgehead atoms. The summed E-state index contributed by atoms with van der Waals surface area (Å²) in [5.41, 5.74) is 0. The highest BCUT2D eigenvalue weighted by atomic mass is 79.9. The topological polar surface area (TPSA) is 0 Å². The number of rotatable bonds is 7. The van der Waals surface area contributed by atoms with Gasteiger partial charge in [0.05, 0.1) is 8.96 Å². The van der Waals surface area contributed by atoms with Gasteiger partial charge in [-0.05, 0) is 31.9 Å². The first-order valence-electron chi connectivity index (χ1n) is 5.10. The zero-order valence-corrected chi connectivity index (χ0v) is 13.9. The summed E-state index contributed by atoms with van der Waals surface area (Å²) in [6, 6.07) is 0. The molecular formula is C10H4Br2F12. The molecule has 0 aromatic heterocycles. The van der Waals surface area contributed by atoms with Crippen LogP contribution in [0, 0.1) is 0 Å². The molecule has 0 aliphatic carbocycles. The highest BCUT2D eigenvalue weighted by Gasteiger charge is 2.90. The molecule has 0 rings (SSSR count). The Balaban J connectivity index is 6.48. The standard InChI is InChI=1S/C10H4Br2F12/c1-3(11)5(13,14)7(17,18)9(21,22)10(23,24)8(19,20)6(15,16)4(2)12/h1-2H2. The second-order valence-electron chi connectivity index (χ2n) is 4.26. The molecule has 0 radical (unpaired) electrons. The van der Waals surface area contributed by atoms with Gasteiger partial charge in [-0.15, -0.1) is 0 Å². The van der Waals surface area contributed by atoms with Gasteiger partial charge in [-0.1, -0.05) is 13.2 Å². The largest absolute Gasteiger partial charge is 0.385 e. The Morgan fingerprint density at radius 3 is 0.750 bits per heavy atom. The van der Waals surface area contributed by atoms with Crippen LogP contribution in [-0.4, -0.2) is 35.5 Å². The molecule has 142 valence electrons. The molecule has 0 aromatic rings. The predicted molar refractivity (Wildman–Crippen MR) is 65.8 cm³/mol. The molecule has 0 aromatic carbocycles. The minimum Gasteiger partial charge on any atom is -0.193 e. The van der Waals surface area contributed by atoms with E-state index in [1.807, 2.05) is 0 Å². The summed E-state index contributed by atoms with van der Waals surface area (Å²) in [4.78, 5) is 0. The maximum atomic E-state index is 13.2. The highest BCUT2D eigenvalue weighted by molar-refractivity contribution is 9.12. The molecule has 0 spiro atoms. The van der Waals surface area contributed by atoms with Crippen LogP contribution in [0.15, 0.2) is 22.1 Å². The van der Waals surface area contributed by atoms with E-state index in [9.17, 15) is 52.7 Å². The van der Waals surface area contributed by atoms with Crippen molar-refractivity contribution < 1.29 is 52.7 Å². The quantitative estimate of drug-likeness (QED) is 0.337. The van der Waals surface area contributed by atoms with E-state index in [0.717, 1.165) is 0 Å². The fourth-order valence-electron chi connectivity index (χ4n) is 1.13. The van der Waals surface area contributed by atoms with E-state index < -0.39 is 44.5 Å². The van der Waals surface area contributed by atoms with Gasteiger partial charge >= 0.3 is 35.5 Å². The van der Waals surface area contributed by atoms with E-state index in [-0.39, 0.29) is 0 Å². The molecular weight excluding hydrogens is 508 g/mol. The summed E-state index contributed by atoms with van der Waals surface area (Å²) in [6.45, 7) is 4.16. The molecule has 0 amide bonds. The molecule has 0 N–H and O–H groups in total. The Bertz CT molecular complexity index is 488. The van der Waals surface area contributed by atoms with Gasteiger partial charge in [0.1, 0.15) is 0 Å². The van der Waals surface area contributed by atoms with Gasteiger partial charge in [-0.2, -0.15) is 52.7 Å². The van der Waals surface area contributed by atoms with Crippen LogP contribution < -0.4 is 0 Å². The fraction of sp³-hybridized carbons (Fsp3) is 0.600. The minimum absolute atomic E-state index is 1.54. The van der Waals surface area contributed by atoms with E-state index >= 15 is 0 Å². The van der Waals surface area contributed by atoms with E-state index in [2.05, 4.69) is 13.2 Å². The van der Waals surface area contributed by atoms with Crippen molar-refractivity contribution in [3.63, 3.8) is 0 Å². The van der Waals surface area contributed by atoms with Crippen LogP contribution in [0.4, 0.5) is 52.7 Å². The van der Waals surface area contributed by atoms with Gasteiger partial charge in [0.15, 0.2) is 0 Å². The number of hydrogen-bond donors (Lipinski definition) is 0. The molecule has 0 fully saturated rings. The Morgan fingerprint density at radius 2 is 0.625 bits per heavy atom. The van der Waals surface area contributed by atoms with Crippen LogP contribution in [0.2, 0.25) is 0 Å². The fourth-order valence-corrected chi connectivity index (χ4v) is 1.63. The Kier molecular flexibility index (Phi) is 5.99. The average molecular weight is 512 g/mol. The van der Waals surface area contributed by atoms with Crippen LogP contribution in [0.3, 0.4) is 0 Å². The molecule has 0 saturated carbocycles. The molecule has 0 aliphatic heterocycles. The molecule has 0 saturated heterocycles. The number of allylic oxidation sites excluding steroid dienone is 2. The first-order valence-corrected chi connectivity index (χ1v) is 6.69.